The van der Waals surface area contributed by atoms with Crippen LogP contribution in [0.2, 0.25) is 0 Å². The zero-order valence-corrected chi connectivity index (χ0v) is 17.8. The smallest absolute Gasteiger partial charge is 0.387 e. The van der Waals surface area contributed by atoms with E-state index in [1.807, 2.05) is 0 Å². The number of hydrogen-bond donors (Lipinski definition) is 2. The number of aliphatic carboxylic acids is 1. The molecule has 9 nitrogen and oxygen atoms in total. The number of alkyl halides is 2. The predicted octanol–water partition coefficient (Wildman–Crippen LogP) is 2.09. The second kappa shape index (κ2) is 8.58. The highest BCUT2D eigenvalue weighted by molar-refractivity contribution is 7.90. The minimum Gasteiger partial charge on any atom is -0.480 e. The third-order valence-electron chi connectivity index (χ3n) is 5.54. The van der Waals surface area contributed by atoms with Crippen LogP contribution in [0.1, 0.15) is 37.7 Å². The number of likely N-dealkylation sites (tertiary alicyclic amines) is 1. The van der Waals surface area contributed by atoms with Gasteiger partial charge in [-0.15, -0.1) is 0 Å². The van der Waals surface area contributed by atoms with Gasteiger partial charge in [-0.05, 0) is 36.8 Å². The van der Waals surface area contributed by atoms with Crippen LogP contribution in [0, 0.1) is 5.92 Å². The molecule has 2 atom stereocenters. The molecule has 2 aliphatic rings. The van der Waals surface area contributed by atoms with Crippen LogP contribution in [-0.4, -0.2) is 67.5 Å². The van der Waals surface area contributed by atoms with Gasteiger partial charge in [-0.25, -0.2) is 13.2 Å². The van der Waals surface area contributed by atoms with Crippen LogP contribution in [0.3, 0.4) is 0 Å². The number of anilines is 1. The lowest BCUT2D eigenvalue weighted by Crippen LogP contribution is -2.39. The second-order valence-electron chi connectivity index (χ2n) is 7.99. The summed E-state index contributed by atoms with van der Waals surface area (Å²) in [6, 6.07) is 1.02. The number of carbonyl (C=O) groups excluding carboxylic acids is 1. The number of hydroxylamine groups is 1. The van der Waals surface area contributed by atoms with Crippen molar-refractivity contribution < 1.29 is 41.8 Å². The molecule has 0 spiro atoms. The Kier molecular flexibility index (Phi) is 6.42. The van der Waals surface area contributed by atoms with E-state index in [0.717, 1.165) is 35.1 Å². The molecule has 2 fully saturated rings. The van der Waals surface area contributed by atoms with Crippen molar-refractivity contribution in [3.8, 4) is 5.75 Å². The Morgan fingerprint density at radius 3 is 2.42 bits per heavy atom. The number of sulfone groups is 1. The Labute approximate surface area is 178 Å². The molecule has 1 aromatic carbocycles. The minimum absolute atomic E-state index is 0.0556. The van der Waals surface area contributed by atoms with Gasteiger partial charge in [0, 0.05) is 38.3 Å². The molecule has 1 aliphatic carbocycles. The topological polar surface area (TPSA) is 124 Å². The molecule has 172 valence electrons. The number of ether oxygens (including phenoxy) is 1. The molecule has 1 heterocycles. The third kappa shape index (κ3) is 5.24. The first kappa shape index (κ1) is 23.2. The maximum Gasteiger partial charge on any atom is 0.387 e. The van der Waals surface area contributed by atoms with E-state index in [9.17, 15) is 37.1 Å². The van der Waals surface area contributed by atoms with Crippen molar-refractivity contribution in [1.82, 2.24) is 4.90 Å². The molecular weight excluding hydrogens is 438 g/mol. The lowest BCUT2D eigenvalue weighted by Gasteiger charge is -2.24. The van der Waals surface area contributed by atoms with Gasteiger partial charge in [-0.1, -0.05) is 0 Å². The van der Waals surface area contributed by atoms with E-state index in [-0.39, 0.29) is 41.6 Å². The monoisotopic (exact) mass is 462 g/mol. The Bertz CT molecular complexity index is 960. The molecule has 0 radical (unpaired) electrons. The molecule has 1 saturated carbocycles. The van der Waals surface area contributed by atoms with Crippen molar-refractivity contribution in [2.45, 2.75) is 49.7 Å². The Balaban J connectivity index is 2.11. The third-order valence-corrected chi connectivity index (χ3v) is 6.70. The number of rotatable bonds is 8. The van der Waals surface area contributed by atoms with Crippen molar-refractivity contribution >= 4 is 27.4 Å². The summed E-state index contributed by atoms with van der Waals surface area (Å²) in [6.07, 6.45) is 2.57. The summed E-state index contributed by atoms with van der Waals surface area (Å²) in [5.74, 6) is -2.72. The van der Waals surface area contributed by atoms with Gasteiger partial charge in [0.05, 0.1) is 4.90 Å². The summed E-state index contributed by atoms with van der Waals surface area (Å²) >= 11 is 0. The van der Waals surface area contributed by atoms with Gasteiger partial charge >= 0.3 is 12.6 Å². The van der Waals surface area contributed by atoms with Crippen molar-refractivity contribution in [3.63, 3.8) is 0 Å². The number of benzene rings is 1. The highest BCUT2D eigenvalue weighted by atomic mass is 32.2. The maximum absolute atomic E-state index is 13.0. The molecule has 3 rings (SSSR count). The predicted molar refractivity (Wildman–Crippen MR) is 104 cm³/mol. The molecule has 1 aromatic rings. The highest BCUT2D eigenvalue weighted by Crippen LogP contribution is 2.42. The van der Waals surface area contributed by atoms with Crippen molar-refractivity contribution in [1.29, 1.82) is 0 Å². The Morgan fingerprint density at radius 2 is 1.97 bits per heavy atom. The van der Waals surface area contributed by atoms with Crippen LogP contribution < -0.4 is 9.80 Å². The number of hydrogen-bond acceptors (Lipinski definition) is 7. The normalized spacial score (nSPS) is 21.4. The highest BCUT2D eigenvalue weighted by Gasteiger charge is 2.41. The van der Waals surface area contributed by atoms with E-state index >= 15 is 0 Å². The van der Waals surface area contributed by atoms with E-state index < -0.39 is 46.0 Å². The number of halogens is 2. The first-order valence-corrected chi connectivity index (χ1v) is 11.6. The molecule has 2 unspecified atom stereocenters. The summed E-state index contributed by atoms with van der Waals surface area (Å²) in [4.78, 5) is 24.3. The van der Waals surface area contributed by atoms with Crippen LogP contribution in [0.4, 0.5) is 14.5 Å². The molecular formula is C19H24F2N2O7S. The molecule has 0 aromatic heterocycles. The van der Waals surface area contributed by atoms with Gasteiger partial charge in [0.15, 0.2) is 15.6 Å². The van der Waals surface area contributed by atoms with Gasteiger partial charge in [-0.2, -0.15) is 8.78 Å². The summed E-state index contributed by atoms with van der Waals surface area (Å²) in [5, 5.41) is 20.7. The van der Waals surface area contributed by atoms with Gasteiger partial charge in [-0.3, -0.25) is 15.1 Å². The van der Waals surface area contributed by atoms with Crippen LogP contribution in [0.25, 0.3) is 0 Å². The summed E-state index contributed by atoms with van der Waals surface area (Å²) in [6.45, 7) is -1.94. The number of carbonyl (C=O) groups is 2. The fourth-order valence-corrected chi connectivity index (χ4v) is 4.86. The zero-order chi connectivity index (χ0) is 23.1. The van der Waals surface area contributed by atoms with Gasteiger partial charge in [0.25, 0.3) is 0 Å². The fourth-order valence-electron chi connectivity index (χ4n) is 3.88. The van der Waals surface area contributed by atoms with E-state index in [2.05, 4.69) is 4.74 Å². The molecule has 2 N–H and O–H groups in total. The molecule has 0 bridgehead atoms. The van der Waals surface area contributed by atoms with Crippen LogP contribution in [-0.2, 0) is 19.4 Å². The van der Waals surface area contributed by atoms with Crippen LogP contribution in [0.5, 0.6) is 5.75 Å². The molecule has 1 saturated heterocycles. The minimum atomic E-state index is -3.93. The first-order chi connectivity index (χ1) is 14.4. The molecule has 31 heavy (non-hydrogen) atoms. The van der Waals surface area contributed by atoms with Gasteiger partial charge in [0.1, 0.15) is 11.7 Å². The number of nitrogens with zero attached hydrogens (tertiary/aromatic N) is 2. The van der Waals surface area contributed by atoms with E-state index in [1.54, 1.807) is 0 Å². The largest absolute Gasteiger partial charge is 0.480 e. The SMILES string of the molecule is CC(=O)N1CC(c2cc(N(O)CC3CC3)c(OC(F)F)cc2S(C)(=O)=O)CC1C(=O)O. The molecule has 1 aliphatic heterocycles. The fraction of sp³-hybridized carbons (Fsp3) is 0.579. The van der Waals surface area contributed by atoms with Crippen molar-refractivity contribution in [2.75, 3.05) is 24.4 Å². The van der Waals surface area contributed by atoms with E-state index in [4.69, 9.17) is 0 Å². The lowest BCUT2D eigenvalue weighted by molar-refractivity contribution is -0.147. The van der Waals surface area contributed by atoms with Crippen molar-refractivity contribution in [3.05, 3.63) is 17.7 Å². The summed E-state index contributed by atoms with van der Waals surface area (Å²) in [5.41, 5.74) is 0.00622. The van der Waals surface area contributed by atoms with Gasteiger partial charge in [0.2, 0.25) is 5.91 Å². The Morgan fingerprint density at radius 1 is 1.32 bits per heavy atom. The number of carboxylic acids is 1. The quantitative estimate of drug-likeness (QED) is 0.563. The Hall–Kier alpha value is -2.47. The average Bonchev–Trinajstić information content (AvgIpc) is 3.33. The number of carboxylic acid groups (broad SMARTS) is 1. The van der Waals surface area contributed by atoms with Crippen molar-refractivity contribution in [2.24, 2.45) is 5.92 Å². The number of amides is 1. The lowest BCUT2D eigenvalue weighted by atomic mass is 9.95. The maximum atomic E-state index is 13.0. The zero-order valence-electron chi connectivity index (χ0n) is 17.0. The summed E-state index contributed by atoms with van der Waals surface area (Å²) in [7, 11) is -3.93. The van der Waals surface area contributed by atoms with Crippen LogP contribution in [0.15, 0.2) is 17.0 Å². The van der Waals surface area contributed by atoms with Crippen LogP contribution >= 0.6 is 0 Å². The standard InChI is InChI=1S/C19H24F2N2O7S/c1-10(24)22-9-12(5-15(22)18(25)26)13-6-14(23(27)8-11-3-4-11)16(30-19(20)21)7-17(13)31(2,28)29/h6-7,11-12,15,19,27H,3-5,8-9H2,1-2H3,(H,25,26). The molecule has 12 heteroatoms. The summed E-state index contributed by atoms with van der Waals surface area (Å²) < 4.78 is 55.3. The average molecular weight is 462 g/mol. The van der Waals surface area contributed by atoms with E-state index in [1.165, 1.54) is 13.0 Å². The first-order valence-electron chi connectivity index (χ1n) is 9.67. The second-order valence-corrected chi connectivity index (χ2v) is 9.98. The van der Waals surface area contributed by atoms with Gasteiger partial charge < -0.3 is 14.7 Å². The van der Waals surface area contributed by atoms with E-state index in [0.29, 0.717) is 0 Å². The molecule has 1 amide bonds.